The molecule has 0 aromatic heterocycles. The Balaban J connectivity index is 1.48. The summed E-state index contributed by atoms with van der Waals surface area (Å²) < 4.78 is 0. The second kappa shape index (κ2) is 6.40. The van der Waals surface area contributed by atoms with Gasteiger partial charge in [-0.3, -0.25) is 4.79 Å². The lowest BCUT2D eigenvalue weighted by Gasteiger charge is -2.68. The van der Waals surface area contributed by atoms with Crippen molar-refractivity contribution in [1.29, 1.82) is 0 Å². The number of carboxylic acid groups (broad SMARTS) is 1. The maximum atomic E-state index is 12.8. The van der Waals surface area contributed by atoms with E-state index in [1.165, 1.54) is 5.57 Å². The highest BCUT2D eigenvalue weighted by molar-refractivity contribution is 5.77. The summed E-state index contributed by atoms with van der Waals surface area (Å²) in [5.74, 6) is 0.497. The molecule has 0 aromatic rings. The minimum Gasteiger partial charge on any atom is -0.481 e. The van der Waals surface area contributed by atoms with Gasteiger partial charge < -0.3 is 15.3 Å². The van der Waals surface area contributed by atoms with E-state index in [9.17, 15) is 20.1 Å². The molecule has 34 heavy (non-hydrogen) atoms. The fraction of sp³-hybridized carbons (Fsp3) is 0.833. The molecule has 0 heterocycles. The standard InChI is InChI=1S/C30H44O4/c1-17-7-11-28(24(33)34)13-14-30-16-29(30,22(28)18(17)2)12-9-21-26(5)15-19(31)23(32)25(3,4)20(26)8-10-27(21,30)6/h9,12,17,19-23,31-32H,2,7-8,10-11,13-16H2,1,3-6H3,(H,33,34)/t17-,19-,20+,21-,22-,23+,26+,27-,28+,29-,30?/m1/s1. The van der Waals surface area contributed by atoms with E-state index in [0.717, 1.165) is 44.9 Å². The number of aliphatic carboxylic acids is 1. The topological polar surface area (TPSA) is 77.8 Å². The third kappa shape index (κ3) is 2.24. The lowest BCUT2D eigenvalue weighted by Crippen LogP contribution is -2.65. The summed E-state index contributed by atoms with van der Waals surface area (Å²) in [5.41, 5.74) is 0.248. The summed E-state index contributed by atoms with van der Waals surface area (Å²) >= 11 is 0. The molecular formula is C30H44O4. The highest BCUT2D eigenvalue weighted by Gasteiger charge is 2.84. The van der Waals surface area contributed by atoms with Crippen LogP contribution in [0.5, 0.6) is 0 Å². The average molecular weight is 469 g/mol. The molecule has 6 aliphatic carbocycles. The maximum Gasteiger partial charge on any atom is 0.310 e. The van der Waals surface area contributed by atoms with E-state index < -0.39 is 23.6 Å². The first-order chi connectivity index (χ1) is 15.7. The van der Waals surface area contributed by atoms with Crippen LogP contribution in [0.1, 0.15) is 86.0 Å². The van der Waals surface area contributed by atoms with Gasteiger partial charge in [-0.25, -0.2) is 0 Å². The molecule has 0 spiro atoms. The molecule has 0 bridgehead atoms. The number of hydrogen-bond donors (Lipinski definition) is 3. The summed E-state index contributed by atoms with van der Waals surface area (Å²) in [6, 6.07) is 0. The molecule has 0 radical (unpaired) electrons. The van der Waals surface area contributed by atoms with Crippen molar-refractivity contribution in [2.75, 3.05) is 0 Å². The van der Waals surface area contributed by atoms with Crippen molar-refractivity contribution in [1.82, 2.24) is 0 Å². The molecule has 5 saturated carbocycles. The van der Waals surface area contributed by atoms with Crippen LogP contribution in [-0.2, 0) is 4.79 Å². The highest BCUT2D eigenvalue weighted by Crippen LogP contribution is 2.90. The van der Waals surface area contributed by atoms with Crippen LogP contribution in [0.2, 0.25) is 0 Å². The maximum absolute atomic E-state index is 12.8. The molecule has 0 aliphatic heterocycles. The van der Waals surface area contributed by atoms with Crippen LogP contribution in [0.25, 0.3) is 0 Å². The fourth-order valence-corrected chi connectivity index (χ4v) is 11.7. The van der Waals surface area contributed by atoms with Gasteiger partial charge in [-0.15, -0.1) is 0 Å². The van der Waals surface area contributed by atoms with Crippen LogP contribution < -0.4 is 0 Å². The zero-order valence-electron chi connectivity index (χ0n) is 21.7. The van der Waals surface area contributed by atoms with E-state index in [2.05, 4.69) is 53.3 Å². The Labute approximate surface area is 204 Å². The van der Waals surface area contributed by atoms with Crippen molar-refractivity contribution in [3.8, 4) is 0 Å². The molecule has 0 amide bonds. The third-order valence-corrected chi connectivity index (χ3v) is 13.4. The molecule has 0 aromatic carbocycles. The molecule has 6 rings (SSSR count). The van der Waals surface area contributed by atoms with Crippen LogP contribution in [0.3, 0.4) is 0 Å². The van der Waals surface area contributed by atoms with Crippen LogP contribution in [0.15, 0.2) is 24.3 Å². The lowest BCUT2D eigenvalue weighted by molar-refractivity contribution is -0.220. The van der Waals surface area contributed by atoms with Gasteiger partial charge in [0.05, 0.1) is 17.6 Å². The number of fused-ring (bicyclic) bond motifs is 4. The summed E-state index contributed by atoms with van der Waals surface area (Å²) in [4.78, 5) is 12.8. The highest BCUT2D eigenvalue weighted by atomic mass is 16.4. The van der Waals surface area contributed by atoms with Gasteiger partial charge in [0.25, 0.3) is 0 Å². The monoisotopic (exact) mass is 468 g/mol. The van der Waals surface area contributed by atoms with Crippen molar-refractivity contribution in [3.05, 3.63) is 24.3 Å². The number of carboxylic acids is 1. The number of hydrogen-bond acceptors (Lipinski definition) is 3. The van der Waals surface area contributed by atoms with Crippen LogP contribution >= 0.6 is 0 Å². The smallest absolute Gasteiger partial charge is 0.310 e. The van der Waals surface area contributed by atoms with Crippen LogP contribution in [0, 0.1) is 56.2 Å². The number of rotatable bonds is 1. The van der Waals surface area contributed by atoms with Gasteiger partial charge in [-0.2, -0.15) is 0 Å². The molecule has 11 atom stereocenters. The Hall–Kier alpha value is -1.13. The van der Waals surface area contributed by atoms with E-state index in [1.807, 2.05) is 0 Å². The van der Waals surface area contributed by atoms with Gasteiger partial charge in [0.1, 0.15) is 0 Å². The van der Waals surface area contributed by atoms with Crippen molar-refractivity contribution in [2.24, 2.45) is 56.2 Å². The van der Waals surface area contributed by atoms with Gasteiger partial charge in [-0.1, -0.05) is 58.9 Å². The Kier molecular flexibility index (Phi) is 4.38. The lowest BCUT2D eigenvalue weighted by atomic mass is 9.36. The molecule has 4 heteroatoms. The van der Waals surface area contributed by atoms with Gasteiger partial charge in [0, 0.05) is 11.3 Å². The predicted molar refractivity (Wildman–Crippen MR) is 132 cm³/mol. The van der Waals surface area contributed by atoms with E-state index >= 15 is 0 Å². The minimum atomic E-state index is -0.694. The van der Waals surface area contributed by atoms with Gasteiger partial charge >= 0.3 is 5.97 Å². The molecule has 3 N–H and O–H groups in total. The van der Waals surface area contributed by atoms with Crippen molar-refractivity contribution in [2.45, 2.75) is 98.2 Å². The molecule has 4 nitrogen and oxygen atoms in total. The summed E-state index contributed by atoms with van der Waals surface area (Å²) in [6.45, 7) is 16.0. The van der Waals surface area contributed by atoms with E-state index in [-0.39, 0.29) is 33.0 Å². The fourth-order valence-electron chi connectivity index (χ4n) is 11.7. The molecule has 5 fully saturated rings. The van der Waals surface area contributed by atoms with Crippen molar-refractivity contribution < 1.29 is 20.1 Å². The number of aliphatic hydroxyl groups is 2. The Morgan fingerprint density at radius 2 is 1.76 bits per heavy atom. The molecule has 188 valence electrons. The minimum absolute atomic E-state index is 0.0322. The third-order valence-electron chi connectivity index (χ3n) is 13.4. The van der Waals surface area contributed by atoms with Crippen LogP contribution in [-0.4, -0.2) is 33.5 Å². The van der Waals surface area contributed by atoms with Gasteiger partial charge in [0.2, 0.25) is 0 Å². The van der Waals surface area contributed by atoms with Gasteiger partial charge in [-0.05, 0) is 90.8 Å². The number of allylic oxidation sites excluding steroid dienone is 3. The van der Waals surface area contributed by atoms with Crippen molar-refractivity contribution in [3.63, 3.8) is 0 Å². The van der Waals surface area contributed by atoms with Crippen molar-refractivity contribution >= 4 is 5.97 Å². The Morgan fingerprint density at radius 3 is 2.44 bits per heavy atom. The first-order valence-electron chi connectivity index (χ1n) is 13.7. The second-order valence-corrected chi connectivity index (χ2v) is 14.6. The summed E-state index contributed by atoms with van der Waals surface area (Å²) in [7, 11) is 0. The first kappa shape index (κ1) is 23.3. The number of carbonyl (C=O) groups is 1. The predicted octanol–water partition coefficient (Wildman–Crippen LogP) is 5.59. The van der Waals surface area contributed by atoms with Crippen LogP contribution in [0.4, 0.5) is 0 Å². The Morgan fingerprint density at radius 1 is 1.06 bits per heavy atom. The Bertz CT molecular complexity index is 998. The van der Waals surface area contributed by atoms with E-state index in [4.69, 9.17) is 0 Å². The molecule has 6 aliphatic rings. The summed E-state index contributed by atoms with van der Waals surface area (Å²) in [5, 5.41) is 32.4. The number of aliphatic hydroxyl groups excluding tert-OH is 2. The zero-order valence-corrected chi connectivity index (χ0v) is 21.7. The summed E-state index contributed by atoms with van der Waals surface area (Å²) in [6.07, 6.45) is 10.9. The first-order valence-corrected chi connectivity index (χ1v) is 13.7. The normalized spacial score (nSPS) is 59.1. The quantitative estimate of drug-likeness (QED) is 0.438. The zero-order chi connectivity index (χ0) is 24.7. The molecule has 1 unspecified atom stereocenters. The van der Waals surface area contributed by atoms with Gasteiger partial charge in [0.15, 0.2) is 0 Å². The van der Waals surface area contributed by atoms with E-state index in [1.54, 1.807) is 0 Å². The second-order valence-electron chi connectivity index (χ2n) is 14.6. The molecule has 0 saturated heterocycles. The largest absolute Gasteiger partial charge is 0.481 e. The molecular weight excluding hydrogens is 424 g/mol. The average Bonchev–Trinajstić information content (AvgIpc) is 3.46. The van der Waals surface area contributed by atoms with E-state index in [0.29, 0.717) is 24.2 Å². The SMILES string of the molecule is C=C1[C@H](C)CC[C@]2(C(=O)O)CCC34C[C@]3(C=C[C@@H]3[C@@]5(C)C[C@@H](O)[C@H](O)C(C)(C)[C@@H]5CC[C@]34C)[C@H]12.